The number of hydrogen-bond acceptors (Lipinski definition) is 5. The summed E-state index contributed by atoms with van der Waals surface area (Å²) < 4.78 is 6.23. The van der Waals surface area contributed by atoms with Crippen LogP contribution in [0.5, 0.6) is 0 Å². The number of nitro benzene ring substituents is 1. The van der Waals surface area contributed by atoms with Gasteiger partial charge in [-0.1, -0.05) is 34.1 Å². The SMILES string of the molecule is N#CC(=Cc1ccc(N2CCOCC2)c([N+](=O)[O-])c1)c1ccc(Br)cc1. The van der Waals surface area contributed by atoms with Gasteiger partial charge in [-0.15, -0.1) is 0 Å². The van der Waals surface area contributed by atoms with Crippen molar-refractivity contribution in [2.24, 2.45) is 0 Å². The van der Waals surface area contributed by atoms with Gasteiger partial charge in [-0.05, 0) is 35.4 Å². The van der Waals surface area contributed by atoms with Crippen molar-refractivity contribution in [3.63, 3.8) is 0 Å². The van der Waals surface area contributed by atoms with Crippen LogP contribution >= 0.6 is 15.9 Å². The molecule has 0 N–H and O–H groups in total. The molecule has 26 heavy (non-hydrogen) atoms. The van der Waals surface area contributed by atoms with Crippen LogP contribution in [0.3, 0.4) is 0 Å². The second-order valence-electron chi connectivity index (χ2n) is 5.78. The molecule has 0 aliphatic carbocycles. The number of rotatable bonds is 4. The highest BCUT2D eigenvalue weighted by Gasteiger charge is 2.21. The van der Waals surface area contributed by atoms with Crippen molar-refractivity contribution in [1.82, 2.24) is 0 Å². The number of ether oxygens (including phenoxy) is 1. The van der Waals surface area contributed by atoms with Gasteiger partial charge in [-0.2, -0.15) is 5.26 Å². The number of hydrogen-bond donors (Lipinski definition) is 0. The van der Waals surface area contributed by atoms with Crippen molar-refractivity contribution in [2.45, 2.75) is 0 Å². The van der Waals surface area contributed by atoms with Crippen LogP contribution in [0.15, 0.2) is 46.9 Å². The summed E-state index contributed by atoms with van der Waals surface area (Å²) in [4.78, 5) is 13.1. The molecule has 0 spiro atoms. The lowest BCUT2D eigenvalue weighted by atomic mass is 10.0. The highest BCUT2D eigenvalue weighted by atomic mass is 79.9. The maximum atomic E-state index is 11.5. The first-order valence-corrected chi connectivity index (χ1v) is 8.86. The Bertz CT molecular complexity index is 882. The number of allylic oxidation sites excluding steroid dienone is 1. The Balaban J connectivity index is 1.97. The molecule has 0 atom stereocenters. The Labute approximate surface area is 159 Å². The van der Waals surface area contributed by atoms with Crippen molar-refractivity contribution in [3.05, 3.63) is 68.2 Å². The van der Waals surface area contributed by atoms with E-state index < -0.39 is 0 Å². The molecule has 6 nitrogen and oxygen atoms in total. The number of anilines is 1. The monoisotopic (exact) mass is 413 g/mol. The van der Waals surface area contributed by atoms with Crippen LogP contribution in [-0.2, 0) is 4.74 Å². The van der Waals surface area contributed by atoms with E-state index in [1.54, 1.807) is 18.2 Å². The van der Waals surface area contributed by atoms with Crippen LogP contribution in [0.1, 0.15) is 11.1 Å². The molecule has 1 aliphatic heterocycles. The van der Waals surface area contributed by atoms with Gasteiger partial charge in [-0.25, -0.2) is 0 Å². The predicted molar refractivity (Wildman–Crippen MR) is 104 cm³/mol. The van der Waals surface area contributed by atoms with Gasteiger partial charge in [0.25, 0.3) is 5.69 Å². The van der Waals surface area contributed by atoms with Gasteiger partial charge in [0.05, 0.1) is 29.8 Å². The van der Waals surface area contributed by atoms with E-state index in [0.29, 0.717) is 43.1 Å². The Kier molecular flexibility index (Phi) is 5.66. The first kappa shape index (κ1) is 18.1. The molecule has 1 heterocycles. The van der Waals surface area contributed by atoms with Gasteiger partial charge in [0.2, 0.25) is 0 Å². The molecule has 0 amide bonds. The van der Waals surface area contributed by atoms with E-state index in [-0.39, 0.29) is 10.6 Å². The zero-order chi connectivity index (χ0) is 18.5. The van der Waals surface area contributed by atoms with Crippen LogP contribution in [0.25, 0.3) is 11.6 Å². The lowest BCUT2D eigenvalue weighted by Gasteiger charge is -2.28. The van der Waals surface area contributed by atoms with E-state index in [4.69, 9.17) is 4.74 Å². The Hall–Kier alpha value is -2.69. The molecule has 2 aromatic carbocycles. The van der Waals surface area contributed by atoms with E-state index >= 15 is 0 Å². The van der Waals surface area contributed by atoms with Crippen molar-refractivity contribution in [2.75, 3.05) is 31.2 Å². The largest absolute Gasteiger partial charge is 0.378 e. The summed E-state index contributed by atoms with van der Waals surface area (Å²) >= 11 is 3.36. The third-order valence-electron chi connectivity index (χ3n) is 4.13. The summed E-state index contributed by atoms with van der Waals surface area (Å²) in [6, 6.07) is 14.6. The highest BCUT2D eigenvalue weighted by molar-refractivity contribution is 9.10. The Morgan fingerprint density at radius 3 is 2.54 bits per heavy atom. The fraction of sp³-hybridized carbons (Fsp3) is 0.211. The van der Waals surface area contributed by atoms with Crippen molar-refractivity contribution >= 4 is 39.0 Å². The minimum absolute atomic E-state index is 0.0359. The summed E-state index contributed by atoms with van der Waals surface area (Å²) in [6.45, 7) is 2.36. The van der Waals surface area contributed by atoms with E-state index in [2.05, 4.69) is 22.0 Å². The summed E-state index contributed by atoms with van der Waals surface area (Å²) in [5.74, 6) is 0. The van der Waals surface area contributed by atoms with Gasteiger partial charge in [0, 0.05) is 23.6 Å². The van der Waals surface area contributed by atoms with Crippen LogP contribution in [0.2, 0.25) is 0 Å². The second-order valence-corrected chi connectivity index (χ2v) is 6.70. The first-order chi connectivity index (χ1) is 12.6. The predicted octanol–water partition coefficient (Wildman–Crippen LogP) is 4.26. The fourth-order valence-electron chi connectivity index (χ4n) is 2.82. The molecule has 0 saturated carbocycles. The number of nitrogens with zero attached hydrogens (tertiary/aromatic N) is 3. The van der Waals surface area contributed by atoms with Gasteiger partial charge in [-0.3, -0.25) is 10.1 Å². The van der Waals surface area contributed by atoms with Crippen molar-refractivity contribution in [1.29, 1.82) is 5.26 Å². The Morgan fingerprint density at radius 1 is 1.23 bits per heavy atom. The third-order valence-corrected chi connectivity index (χ3v) is 4.66. The van der Waals surface area contributed by atoms with Crippen molar-refractivity contribution in [3.8, 4) is 6.07 Å². The first-order valence-electron chi connectivity index (χ1n) is 8.07. The molecule has 3 rings (SSSR count). The number of benzene rings is 2. The molecule has 1 fully saturated rings. The van der Waals surface area contributed by atoms with Gasteiger partial charge in [0.15, 0.2) is 0 Å². The van der Waals surface area contributed by atoms with Gasteiger partial charge >= 0.3 is 0 Å². The zero-order valence-corrected chi connectivity index (χ0v) is 15.5. The van der Waals surface area contributed by atoms with Crippen LogP contribution in [-0.4, -0.2) is 31.2 Å². The molecule has 132 valence electrons. The quantitative estimate of drug-likeness (QED) is 0.323. The van der Waals surface area contributed by atoms with E-state index in [0.717, 1.165) is 10.0 Å². The standard InChI is InChI=1S/C19H16BrN3O3/c20-17-4-2-15(3-5-17)16(13-21)11-14-1-6-18(19(12-14)23(24)25)22-7-9-26-10-8-22/h1-6,11-12H,7-10H2. The molecule has 0 aromatic heterocycles. The number of nitriles is 1. The molecule has 1 aliphatic rings. The van der Waals surface area contributed by atoms with Crippen molar-refractivity contribution < 1.29 is 9.66 Å². The van der Waals surface area contributed by atoms with E-state index in [1.807, 2.05) is 29.2 Å². The summed E-state index contributed by atoms with van der Waals surface area (Å²) in [7, 11) is 0. The van der Waals surface area contributed by atoms with Gasteiger partial charge in [0.1, 0.15) is 5.69 Å². The lowest BCUT2D eigenvalue weighted by Crippen LogP contribution is -2.36. The minimum Gasteiger partial charge on any atom is -0.378 e. The summed E-state index contributed by atoms with van der Waals surface area (Å²) in [6.07, 6.45) is 1.67. The topological polar surface area (TPSA) is 79.4 Å². The van der Waals surface area contributed by atoms with Crippen LogP contribution in [0, 0.1) is 21.4 Å². The number of morpholine rings is 1. The summed E-state index contributed by atoms with van der Waals surface area (Å²) in [5.41, 5.74) is 2.45. The molecule has 2 aromatic rings. The molecule has 7 heteroatoms. The minimum atomic E-state index is -0.381. The maximum absolute atomic E-state index is 11.5. The molecular weight excluding hydrogens is 398 g/mol. The second kappa shape index (κ2) is 8.13. The third kappa shape index (κ3) is 4.10. The highest BCUT2D eigenvalue weighted by Crippen LogP contribution is 2.31. The van der Waals surface area contributed by atoms with Gasteiger partial charge < -0.3 is 9.64 Å². The number of halogens is 1. The fourth-order valence-corrected chi connectivity index (χ4v) is 3.09. The molecule has 1 saturated heterocycles. The normalized spacial score (nSPS) is 14.8. The average Bonchev–Trinajstić information content (AvgIpc) is 2.67. The Morgan fingerprint density at radius 2 is 1.92 bits per heavy atom. The summed E-state index contributed by atoms with van der Waals surface area (Å²) in [5, 5.41) is 21.0. The molecule has 0 radical (unpaired) electrons. The number of nitro groups is 1. The molecule has 0 bridgehead atoms. The molecular formula is C19H16BrN3O3. The smallest absolute Gasteiger partial charge is 0.293 e. The zero-order valence-electron chi connectivity index (χ0n) is 13.9. The van der Waals surface area contributed by atoms with E-state index in [9.17, 15) is 15.4 Å². The van der Waals surface area contributed by atoms with Crippen LogP contribution in [0.4, 0.5) is 11.4 Å². The molecule has 0 unspecified atom stereocenters. The maximum Gasteiger partial charge on any atom is 0.293 e. The van der Waals surface area contributed by atoms with Crippen LogP contribution < -0.4 is 4.90 Å². The lowest BCUT2D eigenvalue weighted by molar-refractivity contribution is -0.384. The van der Waals surface area contributed by atoms with E-state index in [1.165, 1.54) is 6.07 Å². The average molecular weight is 414 g/mol.